The van der Waals surface area contributed by atoms with Gasteiger partial charge in [-0.15, -0.1) is 0 Å². The summed E-state index contributed by atoms with van der Waals surface area (Å²) in [7, 11) is 0. The maximum atomic E-state index is 13.6. The third-order valence-corrected chi connectivity index (χ3v) is 5.25. The van der Waals surface area contributed by atoms with Gasteiger partial charge in [-0.25, -0.2) is 14.4 Å². The zero-order chi connectivity index (χ0) is 17.8. The SMILES string of the molecule is CC1(C)CCc2cc(F)ccc2N1C(=O)c1cn2c(Br)cnc2cn1. The van der Waals surface area contributed by atoms with Crippen LogP contribution in [0.2, 0.25) is 0 Å². The molecule has 1 aromatic carbocycles. The van der Waals surface area contributed by atoms with Crippen molar-refractivity contribution in [1.82, 2.24) is 14.4 Å². The maximum Gasteiger partial charge on any atom is 0.278 e. The van der Waals surface area contributed by atoms with E-state index >= 15 is 0 Å². The van der Waals surface area contributed by atoms with E-state index in [1.807, 2.05) is 13.8 Å². The van der Waals surface area contributed by atoms with E-state index in [0.717, 1.165) is 28.7 Å². The van der Waals surface area contributed by atoms with Crippen molar-refractivity contribution in [2.45, 2.75) is 32.2 Å². The minimum Gasteiger partial charge on any atom is -0.301 e. The highest BCUT2D eigenvalue weighted by atomic mass is 79.9. The van der Waals surface area contributed by atoms with Crippen molar-refractivity contribution in [2.75, 3.05) is 4.90 Å². The second-order valence-electron chi connectivity index (χ2n) is 6.81. The number of carbonyl (C=O) groups excluding carboxylic acids is 1. The quantitative estimate of drug-likeness (QED) is 0.617. The zero-order valence-electron chi connectivity index (χ0n) is 13.8. The van der Waals surface area contributed by atoms with Crippen molar-refractivity contribution in [3.8, 4) is 0 Å². The standard InChI is InChI=1S/C18H16BrFN4O/c1-18(2)6-5-11-7-12(20)3-4-14(11)24(18)17(25)13-10-23-15(19)8-22-16(23)9-21-13/h3-4,7-10H,5-6H2,1-2H3. The number of carbonyl (C=O) groups is 1. The summed E-state index contributed by atoms with van der Waals surface area (Å²) in [6, 6.07) is 4.58. The number of nitrogens with zero attached hydrogens (tertiary/aromatic N) is 4. The Balaban J connectivity index is 1.83. The number of hydrogen-bond donors (Lipinski definition) is 0. The van der Waals surface area contributed by atoms with Crippen LogP contribution >= 0.6 is 15.9 Å². The zero-order valence-corrected chi connectivity index (χ0v) is 15.4. The average Bonchev–Trinajstić information content (AvgIpc) is 2.95. The number of hydrogen-bond acceptors (Lipinski definition) is 3. The Bertz CT molecular complexity index is 998. The molecular formula is C18H16BrFN4O. The van der Waals surface area contributed by atoms with E-state index in [1.165, 1.54) is 12.1 Å². The minimum absolute atomic E-state index is 0.208. The van der Waals surface area contributed by atoms with E-state index in [4.69, 9.17) is 0 Å². The molecule has 0 unspecified atom stereocenters. The fourth-order valence-corrected chi connectivity index (χ4v) is 3.71. The summed E-state index contributed by atoms with van der Waals surface area (Å²) >= 11 is 3.41. The number of imidazole rings is 1. The molecule has 7 heteroatoms. The molecule has 25 heavy (non-hydrogen) atoms. The lowest BCUT2D eigenvalue weighted by Crippen LogP contribution is -2.51. The van der Waals surface area contributed by atoms with Crippen LogP contribution < -0.4 is 4.90 Å². The largest absolute Gasteiger partial charge is 0.301 e. The molecule has 128 valence electrons. The summed E-state index contributed by atoms with van der Waals surface area (Å²) in [5, 5.41) is 0. The number of amides is 1. The number of halogens is 2. The molecule has 0 spiro atoms. The van der Waals surface area contributed by atoms with Crippen LogP contribution in [-0.4, -0.2) is 25.8 Å². The van der Waals surface area contributed by atoms with Gasteiger partial charge in [-0.2, -0.15) is 0 Å². The molecule has 0 fully saturated rings. The minimum atomic E-state index is -0.384. The first-order valence-corrected chi connectivity index (χ1v) is 8.78. The predicted octanol–water partition coefficient (Wildman–Crippen LogP) is 4.00. The Labute approximate surface area is 152 Å². The molecule has 4 rings (SSSR count). The maximum absolute atomic E-state index is 13.6. The second kappa shape index (κ2) is 5.62. The van der Waals surface area contributed by atoms with Gasteiger partial charge in [-0.3, -0.25) is 9.20 Å². The molecule has 1 aliphatic rings. The van der Waals surface area contributed by atoms with Crippen molar-refractivity contribution in [3.63, 3.8) is 0 Å². The van der Waals surface area contributed by atoms with Gasteiger partial charge in [-0.05, 0) is 66.4 Å². The molecule has 3 aromatic rings. The van der Waals surface area contributed by atoms with Crippen molar-refractivity contribution in [3.05, 3.63) is 58.5 Å². The highest BCUT2D eigenvalue weighted by Crippen LogP contribution is 2.38. The smallest absolute Gasteiger partial charge is 0.278 e. The third-order valence-electron chi connectivity index (χ3n) is 4.67. The highest BCUT2D eigenvalue weighted by Gasteiger charge is 2.38. The summed E-state index contributed by atoms with van der Waals surface area (Å²) < 4.78 is 16.1. The van der Waals surface area contributed by atoms with Crippen LogP contribution in [0.1, 0.15) is 36.3 Å². The van der Waals surface area contributed by atoms with E-state index in [-0.39, 0.29) is 17.3 Å². The van der Waals surface area contributed by atoms with Gasteiger partial charge >= 0.3 is 0 Å². The first-order chi connectivity index (χ1) is 11.9. The van der Waals surface area contributed by atoms with Gasteiger partial charge < -0.3 is 4.90 Å². The molecule has 0 saturated carbocycles. The fourth-order valence-electron chi connectivity index (χ4n) is 3.32. The molecule has 5 nitrogen and oxygen atoms in total. The van der Waals surface area contributed by atoms with Crippen LogP contribution in [0, 0.1) is 5.82 Å². The number of aromatic nitrogens is 3. The van der Waals surface area contributed by atoms with Crippen LogP contribution in [-0.2, 0) is 6.42 Å². The fraction of sp³-hybridized carbons (Fsp3) is 0.278. The number of rotatable bonds is 1. The van der Waals surface area contributed by atoms with Crippen molar-refractivity contribution >= 4 is 33.2 Å². The molecule has 1 amide bonds. The lowest BCUT2D eigenvalue weighted by molar-refractivity contribution is 0.0951. The lowest BCUT2D eigenvalue weighted by atomic mass is 9.86. The molecule has 0 aliphatic carbocycles. The lowest BCUT2D eigenvalue weighted by Gasteiger charge is -2.43. The average molecular weight is 403 g/mol. The van der Waals surface area contributed by atoms with Crippen LogP contribution in [0.15, 0.2) is 41.4 Å². The van der Waals surface area contributed by atoms with Crippen molar-refractivity contribution < 1.29 is 9.18 Å². The number of anilines is 1. The van der Waals surface area contributed by atoms with Gasteiger partial charge in [0, 0.05) is 17.4 Å². The summed E-state index contributed by atoms with van der Waals surface area (Å²) in [4.78, 5) is 23.5. The highest BCUT2D eigenvalue weighted by molar-refractivity contribution is 9.10. The Kier molecular flexibility index (Phi) is 3.64. The molecule has 2 aromatic heterocycles. The van der Waals surface area contributed by atoms with Crippen LogP contribution in [0.25, 0.3) is 5.65 Å². The first-order valence-electron chi connectivity index (χ1n) is 7.98. The van der Waals surface area contributed by atoms with Gasteiger partial charge in [0.1, 0.15) is 16.1 Å². The van der Waals surface area contributed by atoms with E-state index in [1.54, 1.807) is 34.0 Å². The summed E-state index contributed by atoms with van der Waals surface area (Å²) in [5.41, 5.74) is 2.18. The van der Waals surface area contributed by atoms with Crippen molar-refractivity contribution in [1.29, 1.82) is 0 Å². The van der Waals surface area contributed by atoms with E-state index < -0.39 is 0 Å². The molecule has 0 bridgehead atoms. The molecule has 0 atom stereocenters. The van der Waals surface area contributed by atoms with Crippen LogP contribution in [0.5, 0.6) is 0 Å². The normalized spacial score (nSPS) is 16.1. The van der Waals surface area contributed by atoms with E-state index in [9.17, 15) is 9.18 Å². The summed E-state index contributed by atoms with van der Waals surface area (Å²) in [6.45, 7) is 4.03. The third kappa shape index (κ3) is 2.63. The topological polar surface area (TPSA) is 50.5 Å². The molecule has 0 N–H and O–H groups in total. The number of aryl methyl sites for hydroxylation is 1. The first kappa shape index (κ1) is 16.2. The van der Waals surface area contributed by atoms with Crippen LogP contribution in [0.3, 0.4) is 0 Å². The van der Waals surface area contributed by atoms with Gasteiger partial charge in [0.2, 0.25) is 0 Å². The van der Waals surface area contributed by atoms with Gasteiger partial charge in [0.25, 0.3) is 5.91 Å². The van der Waals surface area contributed by atoms with Gasteiger partial charge in [0.05, 0.1) is 12.4 Å². The molecule has 0 saturated heterocycles. The molecule has 3 heterocycles. The predicted molar refractivity (Wildman–Crippen MR) is 96.3 cm³/mol. The van der Waals surface area contributed by atoms with E-state index in [2.05, 4.69) is 25.9 Å². The summed E-state index contributed by atoms with van der Waals surface area (Å²) in [6.07, 6.45) is 6.40. The van der Waals surface area contributed by atoms with Gasteiger partial charge in [0.15, 0.2) is 5.65 Å². The summed E-state index contributed by atoms with van der Waals surface area (Å²) in [5.74, 6) is -0.493. The molecule has 0 radical (unpaired) electrons. The van der Waals surface area contributed by atoms with Gasteiger partial charge in [-0.1, -0.05) is 0 Å². The molecular weight excluding hydrogens is 387 g/mol. The molecule has 1 aliphatic heterocycles. The number of benzene rings is 1. The monoisotopic (exact) mass is 402 g/mol. The second-order valence-corrected chi connectivity index (χ2v) is 7.62. The Morgan fingerprint density at radius 3 is 2.88 bits per heavy atom. The number of fused-ring (bicyclic) bond motifs is 2. The van der Waals surface area contributed by atoms with Crippen LogP contribution in [0.4, 0.5) is 10.1 Å². The van der Waals surface area contributed by atoms with E-state index in [0.29, 0.717) is 11.3 Å². The Morgan fingerprint density at radius 2 is 2.08 bits per heavy atom. The Hall–Kier alpha value is -2.28. The Morgan fingerprint density at radius 1 is 1.28 bits per heavy atom. The van der Waals surface area contributed by atoms with Crippen molar-refractivity contribution in [2.24, 2.45) is 0 Å².